The van der Waals surface area contributed by atoms with E-state index in [0.717, 1.165) is 14.7 Å². The molecule has 2 aromatic carbocycles. The van der Waals surface area contributed by atoms with Crippen LogP contribution in [0.3, 0.4) is 0 Å². The summed E-state index contributed by atoms with van der Waals surface area (Å²) in [4.78, 5) is 11.5. The second-order valence-electron chi connectivity index (χ2n) is 4.62. The first-order valence-corrected chi connectivity index (χ1v) is 7.45. The van der Waals surface area contributed by atoms with Gasteiger partial charge in [-0.2, -0.15) is 0 Å². The van der Waals surface area contributed by atoms with Crippen molar-refractivity contribution in [2.24, 2.45) is 0 Å². The number of hydrogen-bond donors (Lipinski definition) is 2. The van der Waals surface area contributed by atoms with Crippen LogP contribution in [0.2, 0.25) is 0 Å². The molecule has 0 heterocycles. The number of hydrogen-bond acceptors (Lipinski definition) is 2. The summed E-state index contributed by atoms with van der Waals surface area (Å²) in [7, 11) is 0. The molecule has 2 N–H and O–H groups in total. The minimum Gasteiger partial charge on any atom is -0.480 e. The molecule has 2 aromatic rings. The van der Waals surface area contributed by atoms with Crippen molar-refractivity contribution in [3.63, 3.8) is 0 Å². The molecule has 0 aliphatic rings. The van der Waals surface area contributed by atoms with Crippen LogP contribution in [0.4, 0.5) is 0 Å². The topological polar surface area (TPSA) is 49.3 Å². The van der Waals surface area contributed by atoms with E-state index in [2.05, 4.69) is 27.9 Å². The third-order valence-electron chi connectivity index (χ3n) is 3.17. The van der Waals surface area contributed by atoms with Gasteiger partial charge in [-0.1, -0.05) is 42.5 Å². The molecule has 20 heavy (non-hydrogen) atoms. The molecule has 0 aliphatic carbocycles. The van der Waals surface area contributed by atoms with Crippen molar-refractivity contribution >= 4 is 28.6 Å². The summed E-state index contributed by atoms with van der Waals surface area (Å²) >= 11 is 2.25. The van der Waals surface area contributed by atoms with Crippen molar-refractivity contribution in [3.05, 3.63) is 69.3 Å². The van der Waals surface area contributed by atoms with Crippen molar-refractivity contribution in [2.75, 3.05) is 0 Å². The van der Waals surface area contributed by atoms with Crippen LogP contribution in [0.25, 0.3) is 0 Å². The fourth-order valence-electron chi connectivity index (χ4n) is 2.05. The Morgan fingerprint density at radius 3 is 2.20 bits per heavy atom. The van der Waals surface area contributed by atoms with Gasteiger partial charge < -0.3 is 5.11 Å². The molecule has 2 atom stereocenters. The van der Waals surface area contributed by atoms with E-state index in [1.165, 1.54) is 0 Å². The van der Waals surface area contributed by atoms with E-state index in [9.17, 15) is 9.90 Å². The summed E-state index contributed by atoms with van der Waals surface area (Å²) in [6, 6.07) is 16.6. The molecule has 0 bridgehead atoms. The smallest absolute Gasteiger partial charge is 0.325 e. The van der Waals surface area contributed by atoms with Gasteiger partial charge in [0.25, 0.3) is 0 Å². The third-order valence-corrected chi connectivity index (χ3v) is 3.89. The zero-order chi connectivity index (χ0) is 14.5. The highest BCUT2D eigenvalue weighted by molar-refractivity contribution is 14.1. The predicted molar refractivity (Wildman–Crippen MR) is 87.5 cm³/mol. The molecule has 104 valence electrons. The molecule has 2 rings (SSSR count). The molecule has 0 saturated carbocycles. The monoisotopic (exact) mass is 381 g/mol. The average molecular weight is 381 g/mol. The molecular formula is C16H16INO2. The van der Waals surface area contributed by atoms with Crippen LogP contribution in [-0.2, 0) is 4.79 Å². The highest BCUT2D eigenvalue weighted by Gasteiger charge is 2.21. The number of halogens is 1. The molecule has 0 aromatic heterocycles. The molecule has 2 unspecified atom stereocenters. The zero-order valence-corrected chi connectivity index (χ0v) is 13.2. The maximum Gasteiger partial charge on any atom is 0.325 e. The van der Waals surface area contributed by atoms with Gasteiger partial charge in [0.05, 0.1) is 0 Å². The molecule has 0 aliphatic heterocycles. The number of aliphatic carboxylic acids is 1. The fourth-order valence-corrected chi connectivity index (χ4v) is 2.41. The number of rotatable bonds is 5. The fraction of sp³-hybridized carbons (Fsp3) is 0.188. The lowest BCUT2D eigenvalue weighted by atomic mass is 10.0. The van der Waals surface area contributed by atoms with Crippen molar-refractivity contribution in [2.45, 2.75) is 19.0 Å². The van der Waals surface area contributed by atoms with Gasteiger partial charge in [0.1, 0.15) is 6.04 Å². The lowest BCUT2D eigenvalue weighted by molar-refractivity contribution is -0.139. The first kappa shape index (κ1) is 15.0. The second-order valence-corrected chi connectivity index (χ2v) is 5.87. The van der Waals surface area contributed by atoms with Gasteiger partial charge in [0, 0.05) is 9.61 Å². The molecule has 3 nitrogen and oxygen atoms in total. The summed E-state index contributed by atoms with van der Waals surface area (Å²) < 4.78 is 1.16. The molecule has 0 radical (unpaired) electrons. The molecule has 0 saturated heterocycles. The number of nitrogens with one attached hydrogen (secondary N) is 1. The van der Waals surface area contributed by atoms with Crippen molar-refractivity contribution in [1.82, 2.24) is 5.32 Å². The highest BCUT2D eigenvalue weighted by atomic mass is 127. The zero-order valence-electron chi connectivity index (χ0n) is 11.1. The number of benzene rings is 2. The summed E-state index contributed by atoms with van der Waals surface area (Å²) in [5.41, 5.74) is 1.84. The van der Waals surface area contributed by atoms with Crippen LogP contribution in [0.5, 0.6) is 0 Å². The van der Waals surface area contributed by atoms with Crippen LogP contribution in [-0.4, -0.2) is 11.1 Å². The molecule has 0 amide bonds. The maximum atomic E-state index is 11.5. The first-order valence-electron chi connectivity index (χ1n) is 6.37. The molecule has 4 heteroatoms. The van der Waals surface area contributed by atoms with E-state index in [0.29, 0.717) is 0 Å². The van der Waals surface area contributed by atoms with E-state index in [1.54, 1.807) is 0 Å². The predicted octanol–water partition coefficient (Wildman–Crippen LogP) is 3.77. The normalized spacial score (nSPS) is 13.7. The van der Waals surface area contributed by atoms with Crippen molar-refractivity contribution in [1.29, 1.82) is 0 Å². The Kier molecular flexibility index (Phi) is 5.14. The largest absolute Gasteiger partial charge is 0.480 e. The van der Waals surface area contributed by atoms with Gasteiger partial charge in [-0.3, -0.25) is 10.1 Å². The SMILES string of the molecule is CC(NC(C(=O)O)c1ccccc1)c1ccc(I)cc1. The van der Waals surface area contributed by atoms with Gasteiger partial charge in [-0.15, -0.1) is 0 Å². The Morgan fingerprint density at radius 2 is 1.65 bits per heavy atom. The Hall–Kier alpha value is -1.40. The second kappa shape index (κ2) is 6.85. The summed E-state index contributed by atoms with van der Waals surface area (Å²) in [6.45, 7) is 1.97. The molecular weight excluding hydrogens is 365 g/mol. The van der Waals surface area contributed by atoms with Gasteiger partial charge in [0.15, 0.2) is 0 Å². The Labute approximate surface area is 132 Å². The number of carbonyl (C=O) groups is 1. The van der Waals surface area contributed by atoms with E-state index in [-0.39, 0.29) is 6.04 Å². The quantitative estimate of drug-likeness (QED) is 0.776. The minimum absolute atomic E-state index is 0.0340. The van der Waals surface area contributed by atoms with Gasteiger partial charge in [-0.05, 0) is 52.8 Å². The number of carboxylic acids is 1. The number of carboxylic acid groups (broad SMARTS) is 1. The van der Waals surface area contributed by atoms with Crippen LogP contribution in [0.15, 0.2) is 54.6 Å². The van der Waals surface area contributed by atoms with Crippen LogP contribution in [0.1, 0.15) is 30.1 Å². The maximum absolute atomic E-state index is 11.5. The van der Waals surface area contributed by atoms with Crippen molar-refractivity contribution in [3.8, 4) is 0 Å². The van der Waals surface area contributed by atoms with Gasteiger partial charge >= 0.3 is 5.97 Å². The summed E-state index contributed by atoms with van der Waals surface area (Å²) in [5, 5.41) is 12.6. The van der Waals surface area contributed by atoms with E-state index in [1.807, 2.05) is 61.5 Å². The van der Waals surface area contributed by atoms with Crippen LogP contribution < -0.4 is 5.32 Å². The lowest BCUT2D eigenvalue weighted by Gasteiger charge is -2.21. The minimum atomic E-state index is -0.867. The Morgan fingerprint density at radius 1 is 1.05 bits per heavy atom. The van der Waals surface area contributed by atoms with E-state index >= 15 is 0 Å². The van der Waals surface area contributed by atoms with Crippen LogP contribution >= 0.6 is 22.6 Å². The van der Waals surface area contributed by atoms with Crippen molar-refractivity contribution < 1.29 is 9.90 Å². The molecule has 0 spiro atoms. The lowest BCUT2D eigenvalue weighted by Crippen LogP contribution is -2.30. The van der Waals surface area contributed by atoms with Crippen LogP contribution in [0, 0.1) is 3.57 Å². The first-order chi connectivity index (χ1) is 9.58. The van der Waals surface area contributed by atoms with E-state index in [4.69, 9.17) is 0 Å². The van der Waals surface area contributed by atoms with Gasteiger partial charge in [0.2, 0.25) is 0 Å². The molecule has 0 fully saturated rings. The standard InChI is InChI=1S/C16H16INO2/c1-11(12-7-9-14(17)10-8-12)18-15(16(19)20)13-5-3-2-4-6-13/h2-11,15,18H,1H3,(H,19,20). The highest BCUT2D eigenvalue weighted by Crippen LogP contribution is 2.20. The Bertz CT molecular complexity index is 569. The van der Waals surface area contributed by atoms with E-state index < -0.39 is 12.0 Å². The third kappa shape index (κ3) is 3.80. The Balaban J connectivity index is 2.16. The average Bonchev–Trinajstić information content (AvgIpc) is 2.46. The summed E-state index contributed by atoms with van der Waals surface area (Å²) in [6.07, 6.45) is 0. The summed E-state index contributed by atoms with van der Waals surface area (Å²) in [5.74, 6) is -0.867. The van der Waals surface area contributed by atoms with Gasteiger partial charge in [-0.25, -0.2) is 0 Å².